The predicted molar refractivity (Wildman–Crippen MR) is 556 cm³/mol. The SMILES string of the molecule is CC1(C)OB(B2OC(C)(C)C(C)(C)O2)OC1(C)C.CC1(C)OB(c2ccccc2[N+](=O)[O-])OC1(C)C.Clc1cc(-c2ccccc2)c2[nH]c3ccccc3c2c1.Clc1cc(Br)cc(I)c1.Ic1ccccc1.O=[N+]([O-])c1ccccc1-c1cc(Cl)cc(-c2ccccc2)c1.O=[N+]([O-])c1ccccc1-c1cc(Cl)cc(Br)c1.O=[N+]([O-])c1ccccc1Br.OB(O)c1ccccc1. The number of halogens is 9. The molecule has 3 N–H and O–H groups in total. The smallest absolute Gasteiger partial charge is 0.423 e. The van der Waals surface area contributed by atoms with E-state index in [1.807, 2.05) is 204 Å². The van der Waals surface area contributed by atoms with E-state index in [2.05, 4.69) is 140 Å². The minimum Gasteiger partial charge on any atom is -0.423 e. The van der Waals surface area contributed by atoms with Gasteiger partial charge in [0.05, 0.1) is 79.9 Å². The number of hydrogen-bond acceptors (Lipinski definition) is 16. The van der Waals surface area contributed by atoms with Crippen LogP contribution in [0.1, 0.15) is 83.1 Å². The molecule has 0 aliphatic carbocycles. The predicted octanol–water partition coefficient (Wildman–Crippen LogP) is 27.8. The van der Waals surface area contributed by atoms with E-state index in [1.165, 1.54) is 44.2 Å². The topological polar surface area (TPSA) is 284 Å². The summed E-state index contributed by atoms with van der Waals surface area (Å²) in [7, 11) is -2.99. The van der Waals surface area contributed by atoms with Crippen molar-refractivity contribution in [2.45, 2.75) is 117 Å². The molecule has 3 fully saturated rings. The molecule has 0 radical (unpaired) electrons. The molecule has 13 aromatic carbocycles. The molecule has 3 aliphatic heterocycles. The van der Waals surface area contributed by atoms with Crippen molar-refractivity contribution in [2.75, 3.05) is 0 Å². The van der Waals surface area contributed by atoms with Gasteiger partial charge in [0.2, 0.25) is 0 Å². The van der Waals surface area contributed by atoms with Crippen LogP contribution < -0.4 is 10.9 Å². The summed E-state index contributed by atoms with van der Waals surface area (Å²) in [4.78, 5) is 45.2. The first kappa shape index (κ1) is 105. The van der Waals surface area contributed by atoms with Crippen LogP contribution >= 0.6 is 139 Å². The summed E-state index contributed by atoms with van der Waals surface area (Å²) in [5.74, 6) is 0. The first-order valence-corrected chi connectivity index (χ1v) is 46.3. The van der Waals surface area contributed by atoms with Crippen molar-refractivity contribution >= 4 is 223 Å². The van der Waals surface area contributed by atoms with Gasteiger partial charge in [-0.1, -0.05) is 260 Å². The number of benzene rings is 13. The molecule has 0 saturated carbocycles. The van der Waals surface area contributed by atoms with Crippen LogP contribution in [0.5, 0.6) is 0 Å². The summed E-state index contributed by atoms with van der Waals surface area (Å²) in [5.41, 5.74) is 7.94. The summed E-state index contributed by atoms with van der Waals surface area (Å²) >= 11 is 38.4. The van der Waals surface area contributed by atoms with Crippen molar-refractivity contribution in [3.05, 3.63) is 390 Å². The van der Waals surface area contributed by atoms with Gasteiger partial charge < -0.3 is 43.0 Å². The maximum absolute atomic E-state index is 11.2. The van der Waals surface area contributed by atoms with Crippen molar-refractivity contribution < 1.29 is 57.7 Å². The molecule has 130 heavy (non-hydrogen) atoms. The number of nitro benzene ring substituents is 4. The lowest BCUT2D eigenvalue weighted by Gasteiger charge is -2.32. The number of nitro groups is 4. The Balaban J connectivity index is 0.000000168. The summed E-state index contributed by atoms with van der Waals surface area (Å²) < 4.78 is 40.2. The second-order valence-corrected chi connectivity index (χ2v) is 39.2. The maximum Gasteiger partial charge on any atom is 0.501 e. The van der Waals surface area contributed by atoms with E-state index in [0.717, 1.165) is 61.4 Å². The number of rotatable bonds is 11. The Morgan fingerprint density at radius 3 is 1.12 bits per heavy atom. The summed E-state index contributed by atoms with van der Waals surface area (Å²) in [5, 5.41) is 65.5. The number of nitrogens with one attached hydrogen (secondary N) is 1. The molecule has 14 aromatic rings. The fraction of sp³-hybridized carbons (Fsp3) is 0.188. The molecule has 1 aromatic heterocycles. The highest BCUT2D eigenvalue weighted by Gasteiger charge is 2.64. The van der Waals surface area contributed by atoms with E-state index < -0.39 is 54.2 Å². The molecule has 0 bridgehead atoms. The molecule has 0 unspecified atom stereocenters. The Morgan fingerprint density at radius 1 is 0.338 bits per heavy atom. The average molecular weight is 2250 g/mol. The molecule has 0 atom stereocenters. The Labute approximate surface area is 829 Å². The first-order chi connectivity index (χ1) is 61.3. The van der Waals surface area contributed by atoms with Gasteiger partial charge in [-0.15, -0.1) is 0 Å². The van der Waals surface area contributed by atoms with Crippen LogP contribution in [0.4, 0.5) is 22.7 Å². The number of nitrogens with zero attached hydrogens (tertiary/aromatic N) is 4. The number of aromatic amines is 1. The van der Waals surface area contributed by atoms with Gasteiger partial charge in [0, 0.05) is 82.3 Å². The number of fused-ring (bicyclic) bond motifs is 3. The second-order valence-electron chi connectivity index (χ2n) is 32.2. The molecule has 3 saturated heterocycles. The highest BCUT2D eigenvalue weighted by molar-refractivity contribution is 14.1. The number of para-hydroxylation sites is 5. The molecule has 21 nitrogen and oxygen atoms in total. The van der Waals surface area contributed by atoms with Crippen molar-refractivity contribution in [2.24, 2.45) is 0 Å². The number of H-pyrrole nitrogens is 1. The van der Waals surface area contributed by atoms with Gasteiger partial charge in [0.1, 0.15) is 0 Å². The van der Waals surface area contributed by atoms with E-state index in [9.17, 15) is 40.5 Å². The molecule has 3 aliphatic rings. The second kappa shape index (κ2) is 47.3. The average Bonchev–Trinajstić information content (AvgIpc) is 1.60. The molecule has 0 spiro atoms. The van der Waals surface area contributed by atoms with Gasteiger partial charge in [-0.25, -0.2) is 0 Å². The fourth-order valence-corrected chi connectivity index (χ4v) is 17.1. The van der Waals surface area contributed by atoms with Gasteiger partial charge in [-0.3, -0.25) is 40.5 Å². The molecule has 34 heteroatoms. The third-order valence-electron chi connectivity index (χ3n) is 21.5. The quantitative estimate of drug-likeness (QED) is 0.0469. The van der Waals surface area contributed by atoms with Gasteiger partial charge in [-0.05, 0) is 281 Å². The van der Waals surface area contributed by atoms with Crippen LogP contribution in [-0.2, 0) is 27.9 Å². The Hall–Kier alpha value is -8.74. The first-order valence-electron chi connectivity index (χ1n) is 40.3. The van der Waals surface area contributed by atoms with Crippen molar-refractivity contribution in [3.8, 4) is 44.5 Å². The van der Waals surface area contributed by atoms with E-state index in [4.69, 9.17) is 84.4 Å². The zero-order valence-corrected chi connectivity index (χ0v) is 84.7. The third kappa shape index (κ3) is 29.1. The highest BCUT2D eigenvalue weighted by Crippen LogP contribution is 2.45. The lowest BCUT2D eigenvalue weighted by atomic mass is 9.49. The minimum atomic E-state index is -1.34. The van der Waals surface area contributed by atoms with Crippen LogP contribution in [0, 0.1) is 47.6 Å². The monoisotopic (exact) mass is 2240 g/mol. The molecular formula is C96H90B4Br3Cl4I2N5O16. The lowest BCUT2D eigenvalue weighted by molar-refractivity contribution is -0.385. The van der Waals surface area contributed by atoms with Crippen LogP contribution in [0.25, 0.3) is 66.3 Å². The van der Waals surface area contributed by atoms with E-state index in [0.29, 0.717) is 36.6 Å². The highest BCUT2D eigenvalue weighted by atomic mass is 127. The molecule has 670 valence electrons. The van der Waals surface area contributed by atoms with Crippen LogP contribution in [0.15, 0.2) is 323 Å². The van der Waals surface area contributed by atoms with Crippen LogP contribution in [0.2, 0.25) is 20.1 Å². The van der Waals surface area contributed by atoms with Gasteiger partial charge in [0.25, 0.3) is 22.7 Å². The van der Waals surface area contributed by atoms with Crippen LogP contribution in [-0.4, -0.2) is 96.6 Å². The number of aromatic nitrogens is 1. The number of hydrogen-bond donors (Lipinski definition) is 3. The fourth-order valence-electron chi connectivity index (χ4n) is 12.7. The van der Waals surface area contributed by atoms with E-state index >= 15 is 0 Å². The van der Waals surface area contributed by atoms with Gasteiger partial charge in [0.15, 0.2) is 0 Å². The lowest BCUT2D eigenvalue weighted by Crippen LogP contribution is -2.41. The zero-order chi connectivity index (χ0) is 95.2. The summed E-state index contributed by atoms with van der Waals surface area (Å²) in [6, 6.07) is 94.1. The zero-order valence-electron chi connectivity index (χ0n) is 72.6. The van der Waals surface area contributed by atoms with E-state index in [-0.39, 0.29) is 50.1 Å². The van der Waals surface area contributed by atoms with Gasteiger partial charge >= 0.3 is 28.3 Å². The van der Waals surface area contributed by atoms with Crippen molar-refractivity contribution in [1.29, 1.82) is 0 Å². The van der Waals surface area contributed by atoms with Crippen molar-refractivity contribution in [3.63, 3.8) is 0 Å². The normalized spacial score (nSPS) is 14.7. The Morgan fingerprint density at radius 2 is 0.700 bits per heavy atom. The summed E-state index contributed by atoms with van der Waals surface area (Å²) in [6.07, 6.45) is 0. The standard InChI is InChI=1S/C18H12ClNO2.C18H12ClN.C12H24B2O4.C12H16BNO4.C12H7BrClNO2.C6H7BO2.C6H3BrClI.C6H4BrNO2.C6H5I/c19-16-11-14(13-6-2-1-3-7-13)10-15(12-16)17-8-4-5-9-18(17)20(21)22;19-13-10-15(12-6-2-1-3-7-12)18-16(11-13)14-8-4-5-9-17(14)20-18;1-9(2)10(3,4)16-13(15-9)14-17-11(5,6)12(7,8)18-14;1-11(2)12(3,4)18-13(17-11)9-7-5-6-8-10(9)14(15)16;13-9-5-8(6-10(14)7-9)11-3-1-2-4-12(11)15(16)17;8-7(9)6-4-2-1-3-5-6;7-4-1-5(8)3-6(9)2-4;7-5-3-1-2-4-6(5)8(9)10;7-6-4-2-1-3-5-6/h1-12H;1-11,20H;1-8H3;5-8H,1-4H3;1-7H;1-5,8-9H;1-3H;1-4H;1-5H. The van der Waals surface area contributed by atoms with Crippen LogP contribution in [0.3, 0.4) is 0 Å². The summed E-state index contributed by atoms with van der Waals surface area (Å²) in [6.45, 7) is 23.9. The maximum atomic E-state index is 11.2. The third-order valence-corrected chi connectivity index (χ3v) is 25.3. The molecular weight excluding hydrogens is 2160 g/mol. The largest absolute Gasteiger partial charge is 0.501 e. The molecule has 4 heterocycles. The molecule has 17 rings (SSSR count). The Bertz CT molecular complexity index is 6080. The van der Waals surface area contributed by atoms with Gasteiger partial charge in [-0.2, -0.15) is 0 Å². The molecule has 0 amide bonds. The van der Waals surface area contributed by atoms with E-state index in [1.54, 1.807) is 121 Å². The minimum absolute atomic E-state index is 0.0241. The van der Waals surface area contributed by atoms with Crippen molar-refractivity contribution in [1.82, 2.24) is 4.98 Å². The Kier molecular flexibility index (Phi) is 38.2.